The maximum atomic E-state index is 13.1. The van der Waals surface area contributed by atoms with Crippen LogP contribution in [0.5, 0.6) is 0 Å². The van der Waals surface area contributed by atoms with E-state index in [0.29, 0.717) is 39.5 Å². The zero-order chi connectivity index (χ0) is 24.6. The number of amides is 2. The summed E-state index contributed by atoms with van der Waals surface area (Å²) >= 11 is 0. The third kappa shape index (κ3) is 4.77. The van der Waals surface area contributed by atoms with E-state index in [1.54, 1.807) is 38.2 Å². The maximum absolute atomic E-state index is 13.1. The van der Waals surface area contributed by atoms with Gasteiger partial charge in [0.1, 0.15) is 18.1 Å². The lowest BCUT2D eigenvalue weighted by Crippen LogP contribution is -2.33. The highest BCUT2D eigenvalue weighted by atomic mass is 19.4. The number of anilines is 1. The van der Waals surface area contributed by atoms with E-state index in [0.717, 1.165) is 0 Å². The van der Waals surface area contributed by atoms with Gasteiger partial charge in [-0.25, -0.2) is 4.98 Å². The Balaban J connectivity index is 1.60. The highest BCUT2D eigenvalue weighted by molar-refractivity contribution is 6.13. The Hall–Kier alpha value is -4.15. The lowest BCUT2D eigenvalue weighted by Gasteiger charge is -2.10. The minimum atomic E-state index is -4.51. The molecule has 0 unspecified atom stereocenters. The van der Waals surface area contributed by atoms with Gasteiger partial charge in [-0.05, 0) is 57.2 Å². The van der Waals surface area contributed by atoms with Crippen molar-refractivity contribution in [1.29, 1.82) is 0 Å². The molecule has 4 rings (SSSR count). The Kier molecular flexibility index (Phi) is 5.86. The Morgan fingerprint density at radius 2 is 1.74 bits per heavy atom. The molecule has 11 heteroatoms. The number of aryl methyl sites for hydroxylation is 3. The van der Waals surface area contributed by atoms with E-state index in [9.17, 15) is 22.8 Å². The van der Waals surface area contributed by atoms with Crippen molar-refractivity contribution in [1.82, 2.24) is 15.5 Å². The molecule has 0 atom stereocenters. The summed E-state index contributed by atoms with van der Waals surface area (Å²) in [6.45, 7) is 3.84. The summed E-state index contributed by atoms with van der Waals surface area (Å²) in [6, 6.07) is 8.89. The smallest absolute Gasteiger partial charge is 0.405 e. The Bertz CT molecular complexity index is 1390. The summed E-state index contributed by atoms with van der Waals surface area (Å²) in [5.74, 6) is -0.0338. The van der Waals surface area contributed by atoms with Crippen molar-refractivity contribution in [2.75, 3.05) is 11.9 Å². The minimum Gasteiger partial charge on any atom is -0.466 e. The van der Waals surface area contributed by atoms with Crippen molar-refractivity contribution in [3.05, 3.63) is 64.7 Å². The van der Waals surface area contributed by atoms with Crippen LogP contribution in [0.2, 0.25) is 0 Å². The number of carbonyl (C=O) groups excluding carboxylic acids is 2. The number of hydrogen-bond acceptors (Lipinski definition) is 6. The molecule has 0 saturated carbocycles. The molecule has 3 aromatic heterocycles. The van der Waals surface area contributed by atoms with Gasteiger partial charge in [-0.2, -0.15) is 13.2 Å². The summed E-state index contributed by atoms with van der Waals surface area (Å²) in [6.07, 6.45) is -4.51. The monoisotopic (exact) mass is 472 g/mol. The minimum absolute atomic E-state index is 0.0246. The second kappa shape index (κ2) is 8.65. The quantitative estimate of drug-likeness (QED) is 0.425. The SMILES string of the molecule is Cc1cc(-c2cc(C(=O)Nc3ccc(C(=O)NCC(F)(F)F)cc3)c3c(C)noc3n2)c(C)o1. The van der Waals surface area contributed by atoms with Crippen molar-refractivity contribution in [3.8, 4) is 11.3 Å². The number of benzene rings is 1. The Morgan fingerprint density at radius 1 is 1.03 bits per heavy atom. The van der Waals surface area contributed by atoms with E-state index >= 15 is 0 Å². The third-order valence-electron chi connectivity index (χ3n) is 5.03. The van der Waals surface area contributed by atoms with Gasteiger partial charge >= 0.3 is 6.18 Å². The highest BCUT2D eigenvalue weighted by Crippen LogP contribution is 2.31. The number of pyridine rings is 1. The van der Waals surface area contributed by atoms with Crippen LogP contribution in [-0.2, 0) is 0 Å². The summed E-state index contributed by atoms with van der Waals surface area (Å²) in [5, 5.41) is 8.87. The molecule has 0 aliphatic carbocycles. The van der Waals surface area contributed by atoms with E-state index in [1.807, 2.05) is 0 Å². The van der Waals surface area contributed by atoms with Gasteiger partial charge in [-0.1, -0.05) is 5.16 Å². The molecule has 2 amide bonds. The lowest BCUT2D eigenvalue weighted by atomic mass is 10.1. The zero-order valence-electron chi connectivity index (χ0n) is 18.3. The van der Waals surface area contributed by atoms with Gasteiger partial charge in [0.05, 0.1) is 22.3 Å². The fourth-order valence-corrected chi connectivity index (χ4v) is 3.48. The van der Waals surface area contributed by atoms with Crippen LogP contribution in [0, 0.1) is 20.8 Å². The first kappa shape index (κ1) is 23.0. The third-order valence-corrected chi connectivity index (χ3v) is 5.03. The second-order valence-electron chi connectivity index (χ2n) is 7.66. The van der Waals surface area contributed by atoms with E-state index in [2.05, 4.69) is 15.5 Å². The molecule has 8 nitrogen and oxygen atoms in total. The first-order valence-corrected chi connectivity index (χ1v) is 10.1. The number of nitrogens with one attached hydrogen (secondary N) is 2. The number of halogens is 3. The fourth-order valence-electron chi connectivity index (χ4n) is 3.48. The average molecular weight is 472 g/mol. The normalized spacial score (nSPS) is 11.6. The number of fused-ring (bicyclic) bond motifs is 1. The molecule has 34 heavy (non-hydrogen) atoms. The molecule has 4 aromatic rings. The lowest BCUT2D eigenvalue weighted by molar-refractivity contribution is -0.123. The number of alkyl halides is 3. The molecule has 2 N–H and O–H groups in total. The second-order valence-corrected chi connectivity index (χ2v) is 7.66. The van der Waals surface area contributed by atoms with Crippen LogP contribution in [-0.4, -0.2) is 34.7 Å². The molecule has 0 spiro atoms. The van der Waals surface area contributed by atoms with Crippen molar-refractivity contribution in [2.45, 2.75) is 26.9 Å². The Labute approximate surface area is 191 Å². The molecule has 176 valence electrons. The van der Waals surface area contributed by atoms with Crippen LogP contribution in [0.4, 0.5) is 18.9 Å². The standard InChI is InChI=1S/C23H19F3N4O4/c1-11-8-16(13(3)33-11)18-9-17(19-12(2)30-34-22(19)29-18)21(32)28-15-6-4-14(5-7-15)20(31)27-10-23(24,25)26/h4-9H,10H2,1-3H3,(H,27,31)(H,28,32). The Morgan fingerprint density at radius 3 is 2.35 bits per heavy atom. The van der Waals surface area contributed by atoms with Gasteiger partial charge in [-0.15, -0.1) is 0 Å². The molecule has 0 aliphatic rings. The van der Waals surface area contributed by atoms with Gasteiger partial charge < -0.3 is 19.6 Å². The van der Waals surface area contributed by atoms with Gasteiger partial charge in [0.2, 0.25) is 0 Å². The van der Waals surface area contributed by atoms with Crippen molar-refractivity contribution in [2.24, 2.45) is 0 Å². The van der Waals surface area contributed by atoms with Crippen LogP contribution in [0.15, 0.2) is 45.3 Å². The number of hydrogen-bond donors (Lipinski definition) is 2. The zero-order valence-corrected chi connectivity index (χ0v) is 18.3. The molecule has 0 saturated heterocycles. The van der Waals surface area contributed by atoms with Crippen LogP contribution >= 0.6 is 0 Å². The highest BCUT2D eigenvalue weighted by Gasteiger charge is 2.28. The summed E-state index contributed by atoms with van der Waals surface area (Å²) in [7, 11) is 0. The molecule has 0 radical (unpaired) electrons. The van der Waals surface area contributed by atoms with Crippen LogP contribution in [0.3, 0.4) is 0 Å². The van der Waals surface area contributed by atoms with E-state index in [1.165, 1.54) is 24.3 Å². The number of aromatic nitrogens is 2. The first-order chi connectivity index (χ1) is 16.0. The van der Waals surface area contributed by atoms with Crippen molar-refractivity contribution in [3.63, 3.8) is 0 Å². The van der Waals surface area contributed by atoms with E-state index < -0.39 is 24.5 Å². The van der Waals surface area contributed by atoms with Gasteiger partial charge in [-0.3, -0.25) is 9.59 Å². The maximum Gasteiger partial charge on any atom is 0.405 e. The molecule has 0 bridgehead atoms. The van der Waals surface area contributed by atoms with Crippen molar-refractivity contribution < 1.29 is 31.7 Å². The average Bonchev–Trinajstić information content (AvgIpc) is 3.32. The van der Waals surface area contributed by atoms with Crippen LogP contribution in [0.25, 0.3) is 22.4 Å². The van der Waals surface area contributed by atoms with Gasteiger partial charge in [0.25, 0.3) is 17.5 Å². The van der Waals surface area contributed by atoms with Crippen molar-refractivity contribution >= 4 is 28.6 Å². The van der Waals surface area contributed by atoms with Crippen LogP contribution in [0.1, 0.15) is 37.9 Å². The first-order valence-electron chi connectivity index (χ1n) is 10.1. The summed E-state index contributed by atoms with van der Waals surface area (Å²) < 4.78 is 47.7. The number of nitrogens with zero attached hydrogens (tertiary/aromatic N) is 2. The molecule has 0 aliphatic heterocycles. The van der Waals surface area contributed by atoms with Crippen LogP contribution < -0.4 is 10.6 Å². The topological polar surface area (TPSA) is 110 Å². The largest absolute Gasteiger partial charge is 0.466 e. The van der Waals surface area contributed by atoms with E-state index in [4.69, 9.17) is 8.94 Å². The molecule has 3 heterocycles. The summed E-state index contributed by atoms with van der Waals surface area (Å²) in [5.41, 5.74) is 2.48. The molecular formula is C23H19F3N4O4. The van der Waals surface area contributed by atoms with Gasteiger partial charge in [0.15, 0.2) is 0 Å². The number of rotatable bonds is 5. The molecule has 0 fully saturated rings. The molecular weight excluding hydrogens is 453 g/mol. The predicted octanol–water partition coefficient (Wildman–Crippen LogP) is 4.95. The van der Waals surface area contributed by atoms with E-state index in [-0.39, 0.29) is 16.8 Å². The number of carbonyl (C=O) groups is 2. The fraction of sp³-hybridized carbons (Fsp3) is 0.217. The summed E-state index contributed by atoms with van der Waals surface area (Å²) in [4.78, 5) is 29.5. The number of furan rings is 1. The molecule has 1 aromatic carbocycles. The van der Waals surface area contributed by atoms with Gasteiger partial charge in [0, 0.05) is 16.8 Å². The predicted molar refractivity (Wildman–Crippen MR) is 117 cm³/mol.